The third-order valence-corrected chi connectivity index (χ3v) is 14.6. The Bertz CT molecular complexity index is 1610. The number of imide groups is 1. The number of likely N-dealkylation sites (tertiary alicyclic amines) is 1. The number of rotatable bonds is 9. The second-order valence-electron chi connectivity index (χ2n) is 16.1. The van der Waals surface area contributed by atoms with E-state index in [1.54, 1.807) is 52.5 Å². The molecule has 1 aromatic rings. The summed E-state index contributed by atoms with van der Waals surface area (Å²) in [4.78, 5) is 43.1. The van der Waals surface area contributed by atoms with Crippen LogP contribution in [0.15, 0.2) is 24.3 Å². The smallest absolute Gasteiger partial charge is 0.340 e. The first-order valence-electron chi connectivity index (χ1n) is 18.0. The first kappa shape index (κ1) is 34.6. The summed E-state index contributed by atoms with van der Waals surface area (Å²) in [5.74, 6) is -3.61. The minimum absolute atomic E-state index is 0.0667. The van der Waals surface area contributed by atoms with Crippen molar-refractivity contribution in [3.05, 3.63) is 29.8 Å². The number of piperidine rings is 1. The van der Waals surface area contributed by atoms with Gasteiger partial charge in [0.25, 0.3) is 0 Å². The number of nitrogens with zero attached hydrogens (tertiary/aromatic N) is 2. The number of benzene rings is 1. The third kappa shape index (κ3) is 3.73. The van der Waals surface area contributed by atoms with E-state index in [9.17, 15) is 29.7 Å². The summed E-state index contributed by atoms with van der Waals surface area (Å²) >= 11 is 0. The molecule has 274 valence electrons. The highest BCUT2D eigenvalue weighted by Gasteiger charge is 2.95. The molecule has 0 radical (unpaired) electrons. The van der Waals surface area contributed by atoms with Crippen LogP contribution < -0.4 is 4.90 Å². The van der Waals surface area contributed by atoms with Gasteiger partial charge in [0.05, 0.1) is 59.3 Å². The van der Waals surface area contributed by atoms with Crippen molar-refractivity contribution in [3.8, 4) is 0 Å². The van der Waals surface area contributed by atoms with E-state index < -0.39 is 81.8 Å². The van der Waals surface area contributed by atoms with Gasteiger partial charge in [0.15, 0.2) is 0 Å². The number of carbonyl (C=O) groups excluding carboxylic acids is 3. The SMILES string of the molecule is CCN1C[C@]2(COC(=O)c3ccccc3N3C(=O)C[C@@H](C)C3=O)CC[C@H](OC)[C@@]34[C@@H]2[C@H](OC)[C@@](O)([C@@H]13)[C@@]1(O)C[C@H](OC)[C@H]2C[C@]4(O)[C@@H]1[C@H]2OC. The minimum atomic E-state index is -1.88. The molecule has 7 aliphatic rings. The maximum atomic E-state index is 14.1. The lowest BCUT2D eigenvalue weighted by Gasteiger charge is -2.72. The van der Waals surface area contributed by atoms with Gasteiger partial charge in [-0.1, -0.05) is 26.0 Å². The summed E-state index contributed by atoms with van der Waals surface area (Å²) < 4.78 is 31.0. The standard InChI is InChI=1S/C37H50N2O11/c1-7-38-17-33(18-50-31(42)20-10-8-9-11-22(20)39-25(40)14-19(2)30(39)41)13-12-24(47-4)36-28(33)29(49-6)37(45,32(36)38)35(44)16-23(46-3)21-15-34(36,43)27(35)26(21)48-5/h8-11,19,21,23-24,26-29,32,43-45H,7,12-18H2,1-6H3/t19-,21-,23+,24+,26+,27+,28-,29+,32+,33+,34+,35-,36-,37-/m1/s1. The molecule has 2 saturated heterocycles. The van der Waals surface area contributed by atoms with Crippen molar-refractivity contribution >= 4 is 23.5 Å². The predicted molar refractivity (Wildman–Crippen MR) is 176 cm³/mol. The average molecular weight is 699 g/mol. The maximum Gasteiger partial charge on any atom is 0.340 e. The number of ether oxygens (including phenoxy) is 5. The number of fused-ring (bicyclic) bond motifs is 2. The molecule has 7 bridgehead atoms. The zero-order chi connectivity index (χ0) is 35.8. The van der Waals surface area contributed by atoms with Crippen molar-refractivity contribution in [3.63, 3.8) is 0 Å². The summed E-state index contributed by atoms with van der Waals surface area (Å²) in [5.41, 5.74) is -7.00. The molecule has 13 nitrogen and oxygen atoms in total. The zero-order valence-corrected chi connectivity index (χ0v) is 29.7. The molecule has 0 unspecified atom stereocenters. The Kier molecular flexibility index (Phi) is 7.79. The molecule has 5 aliphatic carbocycles. The highest BCUT2D eigenvalue weighted by atomic mass is 16.5. The van der Waals surface area contributed by atoms with Crippen LogP contribution in [0.25, 0.3) is 0 Å². The highest BCUT2D eigenvalue weighted by Crippen LogP contribution is 2.81. The number of methoxy groups -OCH3 is 4. The number of amides is 2. The fourth-order valence-corrected chi connectivity index (χ4v) is 13.2. The number of hydrogen-bond donors (Lipinski definition) is 3. The minimum Gasteiger partial charge on any atom is -0.461 e. The van der Waals surface area contributed by atoms with Crippen LogP contribution in [0, 0.1) is 34.5 Å². The fraction of sp³-hybridized carbons (Fsp3) is 0.757. The Morgan fingerprint density at radius 1 is 0.960 bits per heavy atom. The molecule has 2 heterocycles. The molecule has 14 atom stereocenters. The first-order valence-corrected chi connectivity index (χ1v) is 18.0. The van der Waals surface area contributed by atoms with E-state index in [4.69, 9.17) is 23.7 Å². The monoisotopic (exact) mass is 698 g/mol. The highest BCUT2D eigenvalue weighted by molar-refractivity contribution is 6.22. The van der Waals surface area contributed by atoms with Gasteiger partial charge in [-0.25, -0.2) is 9.69 Å². The number of para-hydroxylation sites is 1. The van der Waals surface area contributed by atoms with Crippen LogP contribution in [-0.2, 0) is 33.3 Å². The number of esters is 1. The number of carbonyl (C=O) groups is 3. The maximum absolute atomic E-state index is 14.1. The van der Waals surface area contributed by atoms with Gasteiger partial charge >= 0.3 is 5.97 Å². The van der Waals surface area contributed by atoms with Gasteiger partial charge in [-0.05, 0) is 37.9 Å². The Morgan fingerprint density at radius 2 is 1.70 bits per heavy atom. The quantitative estimate of drug-likeness (QED) is 0.249. The van der Waals surface area contributed by atoms with Gasteiger partial charge < -0.3 is 39.0 Å². The van der Waals surface area contributed by atoms with Crippen LogP contribution in [0.2, 0.25) is 0 Å². The van der Waals surface area contributed by atoms with Gasteiger partial charge in [0.1, 0.15) is 11.2 Å². The van der Waals surface area contributed by atoms with Crippen molar-refractivity contribution in [1.29, 1.82) is 0 Å². The van der Waals surface area contributed by atoms with Crippen molar-refractivity contribution in [2.75, 3.05) is 53.0 Å². The summed E-state index contributed by atoms with van der Waals surface area (Å²) in [6, 6.07) is 5.71. The van der Waals surface area contributed by atoms with Gasteiger partial charge in [-0.3, -0.25) is 14.5 Å². The average Bonchev–Trinajstić information content (AvgIpc) is 3.60. The molecule has 7 fully saturated rings. The molecule has 1 spiro atoms. The topological polar surface area (TPSA) is 165 Å². The first-order chi connectivity index (χ1) is 23.8. The largest absolute Gasteiger partial charge is 0.461 e. The van der Waals surface area contributed by atoms with E-state index in [1.165, 1.54) is 7.11 Å². The van der Waals surface area contributed by atoms with Gasteiger partial charge in [-0.2, -0.15) is 0 Å². The molecular formula is C37H50N2O11. The molecule has 8 rings (SSSR count). The van der Waals surface area contributed by atoms with Crippen molar-refractivity contribution < 1.29 is 53.4 Å². The van der Waals surface area contributed by atoms with Crippen LogP contribution in [-0.4, -0.2) is 133 Å². The van der Waals surface area contributed by atoms with Gasteiger partial charge in [0, 0.05) is 76.9 Å². The van der Waals surface area contributed by atoms with E-state index in [-0.39, 0.29) is 54.9 Å². The molecule has 3 N–H and O–H groups in total. The summed E-state index contributed by atoms with van der Waals surface area (Å²) in [7, 11) is 6.33. The lowest BCUT2D eigenvalue weighted by atomic mass is 9.41. The number of likely N-dealkylation sites (N-methyl/N-ethyl adjacent to an activating group) is 1. The Hall–Kier alpha value is -2.49. The Labute approximate surface area is 292 Å². The second-order valence-corrected chi connectivity index (χ2v) is 16.1. The Morgan fingerprint density at radius 3 is 2.32 bits per heavy atom. The number of aliphatic hydroxyl groups is 3. The van der Waals surface area contributed by atoms with Gasteiger partial charge in [0.2, 0.25) is 11.8 Å². The zero-order valence-electron chi connectivity index (χ0n) is 29.7. The molecule has 0 aromatic heterocycles. The molecule has 2 amide bonds. The molecule has 13 heteroatoms. The van der Waals surface area contributed by atoms with Crippen LogP contribution >= 0.6 is 0 Å². The normalized spacial score (nSPS) is 48.7. The lowest BCUT2D eigenvalue weighted by Crippen LogP contribution is -2.86. The Balaban J connectivity index is 1.26. The summed E-state index contributed by atoms with van der Waals surface area (Å²) in [6.45, 7) is 4.48. The number of anilines is 1. The van der Waals surface area contributed by atoms with Crippen LogP contribution in [0.5, 0.6) is 0 Å². The van der Waals surface area contributed by atoms with E-state index in [0.717, 1.165) is 4.90 Å². The number of hydrogen-bond acceptors (Lipinski definition) is 12. The van der Waals surface area contributed by atoms with E-state index in [0.29, 0.717) is 25.9 Å². The molecule has 5 saturated carbocycles. The van der Waals surface area contributed by atoms with Crippen molar-refractivity contribution in [2.24, 2.45) is 34.5 Å². The van der Waals surface area contributed by atoms with E-state index >= 15 is 0 Å². The molecule has 1 aromatic carbocycles. The molecular weight excluding hydrogens is 648 g/mol. The second kappa shape index (κ2) is 11.3. The van der Waals surface area contributed by atoms with Crippen LogP contribution in [0.3, 0.4) is 0 Å². The predicted octanol–water partition coefficient (Wildman–Crippen LogP) is 1.15. The van der Waals surface area contributed by atoms with E-state index in [1.807, 2.05) is 6.92 Å². The lowest BCUT2D eigenvalue weighted by molar-refractivity contribution is -0.357. The molecule has 2 aliphatic heterocycles. The van der Waals surface area contributed by atoms with Gasteiger partial charge in [-0.15, -0.1) is 0 Å². The molecule has 50 heavy (non-hydrogen) atoms. The third-order valence-electron chi connectivity index (χ3n) is 14.6. The fourth-order valence-electron chi connectivity index (χ4n) is 13.2. The van der Waals surface area contributed by atoms with Crippen LogP contribution in [0.4, 0.5) is 5.69 Å². The van der Waals surface area contributed by atoms with E-state index in [2.05, 4.69) is 4.90 Å². The summed E-state index contributed by atoms with van der Waals surface area (Å²) in [6.07, 6.45) is -1.09. The summed E-state index contributed by atoms with van der Waals surface area (Å²) in [5, 5.41) is 40.2. The van der Waals surface area contributed by atoms with Crippen molar-refractivity contribution in [1.82, 2.24) is 4.90 Å². The van der Waals surface area contributed by atoms with Crippen molar-refractivity contribution in [2.45, 2.75) is 93.2 Å². The van der Waals surface area contributed by atoms with Crippen LogP contribution in [0.1, 0.15) is 56.3 Å².